The number of Topliss-reactive ketones (excluding diaryl/α,β-unsaturated/α-hetero) is 3. The predicted octanol–water partition coefficient (Wildman–Crippen LogP) is 2.56. The molecule has 3 saturated carbocycles. The number of carbonyl (C=O) groups is 5. The zero-order chi connectivity index (χ0) is 37.7. The zero-order valence-corrected chi connectivity index (χ0v) is 30.8. The maximum absolute atomic E-state index is 14.8. The maximum Gasteiger partial charge on any atom is 0.303 e. The van der Waals surface area contributed by atoms with Gasteiger partial charge in [0.1, 0.15) is 23.6 Å². The van der Waals surface area contributed by atoms with E-state index >= 15 is 0 Å². The Morgan fingerprint density at radius 3 is 2.22 bits per heavy atom. The van der Waals surface area contributed by atoms with Gasteiger partial charge in [-0.05, 0) is 89.5 Å². The largest absolute Gasteiger partial charge is 0.449 e. The second-order valence-corrected chi connectivity index (χ2v) is 17.4. The van der Waals surface area contributed by atoms with Crippen LogP contribution in [0.1, 0.15) is 94.9 Å². The summed E-state index contributed by atoms with van der Waals surface area (Å²) in [5.74, 6) is -4.63. The van der Waals surface area contributed by atoms with E-state index < -0.39 is 99.0 Å². The molecule has 0 amide bonds. The van der Waals surface area contributed by atoms with E-state index in [0.717, 1.165) is 18.6 Å². The van der Waals surface area contributed by atoms with Crippen molar-refractivity contribution in [3.05, 3.63) is 23.8 Å². The quantitative estimate of drug-likeness (QED) is 0.172. The van der Waals surface area contributed by atoms with E-state index in [2.05, 4.69) is 0 Å². The van der Waals surface area contributed by atoms with Gasteiger partial charge in [-0.2, -0.15) is 0 Å². The lowest BCUT2D eigenvalue weighted by molar-refractivity contribution is -0.274. The first kappa shape index (κ1) is 38.6. The first-order valence-corrected chi connectivity index (χ1v) is 17.6. The fourth-order valence-corrected chi connectivity index (χ4v) is 10.5. The Kier molecular flexibility index (Phi) is 9.45. The topological polar surface area (TPSA) is 194 Å². The molecule has 2 unspecified atom stereocenters. The molecule has 0 aromatic carbocycles. The number of hydrogen-bond acceptors (Lipinski definition) is 12. The van der Waals surface area contributed by atoms with Gasteiger partial charge in [-0.25, -0.2) is 0 Å². The summed E-state index contributed by atoms with van der Waals surface area (Å²) in [6.45, 7) is 16.2. The Balaban J connectivity index is 1.65. The first-order valence-electron chi connectivity index (χ1n) is 17.6. The molecule has 1 aliphatic heterocycles. The SMILES string of the molecule is CC(=O)O[C@H]1C(=O)[C@@H](O)[C@H](C)O[C@@H]1OC1C[C@@]2(C)[C@@H]3CC=C4[C@@H](CC(O)C(=O)C4(C)C)[C@]3(C)C(=O)C[C@]2(C)[C@H]1[C@@](C)(O)C(=O)/C=C/C(C)(C)O. The van der Waals surface area contributed by atoms with E-state index in [4.69, 9.17) is 14.2 Å². The molecule has 0 aromatic rings. The monoisotopic (exact) mass is 702 g/mol. The van der Waals surface area contributed by atoms with Crippen molar-refractivity contribution in [2.45, 2.75) is 143 Å². The number of rotatable bonds is 7. The predicted molar refractivity (Wildman–Crippen MR) is 178 cm³/mol. The van der Waals surface area contributed by atoms with Crippen LogP contribution in [0.4, 0.5) is 0 Å². The lowest BCUT2D eigenvalue weighted by atomic mass is 9.38. The summed E-state index contributed by atoms with van der Waals surface area (Å²) < 4.78 is 17.8. The van der Waals surface area contributed by atoms with E-state index in [1.807, 2.05) is 26.8 Å². The number of allylic oxidation sites excluding steroid dienone is 2. The van der Waals surface area contributed by atoms with Gasteiger partial charge < -0.3 is 34.6 Å². The Labute approximate surface area is 293 Å². The highest BCUT2D eigenvalue weighted by Gasteiger charge is 2.75. The highest BCUT2D eigenvalue weighted by Crippen LogP contribution is 2.74. The van der Waals surface area contributed by atoms with Crippen molar-refractivity contribution in [2.75, 3.05) is 0 Å². The molecular formula is C38H54O12. The van der Waals surface area contributed by atoms with Crippen molar-refractivity contribution in [3.63, 3.8) is 0 Å². The number of esters is 1. The van der Waals surface area contributed by atoms with Gasteiger partial charge in [-0.15, -0.1) is 0 Å². The fraction of sp³-hybridized carbons (Fsp3) is 0.763. The normalized spacial score (nSPS) is 44.2. The molecule has 5 rings (SSSR count). The summed E-state index contributed by atoms with van der Waals surface area (Å²) in [7, 11) is 0. The van der Waals surface area contributed by atoms with Crippen LogP contribution >= 0.6 is 0 Å². The van der Waals surface area contributed by atoms with Gasteiger partial charge in [0.2, 0.25) is 18.2 Å². The molecule has 0 spiro atoms. The number of ether oxygens (including phenoxy) is 3. The van der Waals surface area contributed by atoms with Crippen LogP contribution in [-0.4, -0.2) is 97.5 Å². The molecule has 12 nitrogen and oxygen atoms in total. The first-order chi connectivity index (χ1) is 22.7. The van der Waals surface area contributed by atoms with Gasteiger partial charge >= 0.3 is 5.97 Å². The number of ketones is 4. The highest BCUT2D eigenvalue weighted by molar-refractivity contribution is 5.98. The fourth-order valence-electron chi connectivity index (χ4n) is 10.5. The van der Waals surface area contributed by atoms with Crippen LogP contribution < -0.4 is 0 Å². The number of carbonyl (C=O) groups excluding carboxylic acids is 5. The number of hydrogen-bond donors (Lipinski definition) is 4. The Morgan fingerprint density at radius 1 is 1.02 bits per heavy atom. The maximum atomic E-state index is 14.8. The van der Waals surface area contributed by atoms with Gasteiger partial charge in [-0.1, -0.05) is 38.5 Å². The van der Waals surface area contributed by atoms with Gasteiger partial charge in [0.25, 0.3) is 0 Å². The summed E-state index contributed by atoms with van der Waals surface area (Å²) in [6.07, 6.45) is -2.96. The average Bonchev–Trinajstić information content (AvgIpc) is 3.21. The van der Waals surface area contributed by atoms with Gasteiger partial charge in [0.15, 0.2) is 11.6 Å². The van der Waals surface area contributed by atoms with E-state index in [-0.39, 0.29) is 36.7 Å². The van der Waals surface area contributed by atoms with Crippen molar-refractivity contribution >= 4 is 29.1 Å². The minimum atomic E-state index is -2.17. The molecule has 0 radical (unpaired) electrons. The molecule has 1 saturated heterocycles. The molecule has 4 fully saturated rings. The second kappa shape index (κ2) is 12.2. The molecule has 13 atom stereocenters. The number of aliphatic hydroxyl groups is 4. The molecule has 0 aromatic heterocycles. The van der Waals surface area contributed by atoms with Crippen LogP contribution in [-0.2, 0) is 38.2 Å². The van der Waals surface area contributed by atoms with Gasteiger partial charge in [-0.3, -0.25) is 24.0 Å². The standard InChI is InChI=1S/C38H54O12/c1-18-27(43)28(44)29(49-19(2)39)32(48-18)50-23-16-35(7)24-12-11-20-21(15-22(40)31(45)34(20,5)6)37(24,9)26(42)17-36(35,8)30(23)38(10,47)25(41)13-14-33(3,4)46/h11,13-14,18,21-24,27,29-30,32,40,43,46-47H,12,15-17H2,1-10H3/b14-13+/t18-,21+,22?,23?,24-,27-,29-,30-,32+,35-,36+,37-,38-/m0/s1. The molecule has 12 heteroatoms. The third-order valence-electron chi connectivity index (χ3n) is 13.3. The third kappa shape index (κ3) is 5.69. The summed E-state index contributed by atoms with van der Waals surface area (Å²) in [4.78, 5) is 67.1. The summed E-state index contributed by atoms with van der Waals surface area (Å²) in [6, 6.07) is 0. The van der Waals surface area contributed by atoms with Crippen LogP contribution in [0, 0.1) is 39.4 Å². The molecule has 4 aliphatic carbocycles. The lowest BCUT2D eigenvalue weighted by Gasteiger charge is -2.64. The van der Waals surface area contributed by atoms with Crippen molar-refractivity contribution < 1.29 is 58.6 Å². The number of fused-ring (bicyclic) bond motifs is 5. The van der Waals surface area contributed by atoms with Crippen LogP contribution in [0.15, 0.2) is 23.8 Å². The Morgan fingerprint density at radius 2 is 1.64 bits per heavy atom. The zero-order valence-electron chi connectivity index (χ0n) is 30.8. The second-order valence-electron chi connectivity index (χ2n) is 17.4. The van der Waals surface area contributed by atoms with Gasteiger partial charge in [0.05, 0.1) is 17.8 Å². The summed E-state index contributed by atoms with van der Waals surface area (Å²) >= 11 is 0. The molecular weight excluding hydrogens is 648 g/mol. The van der Waals surface area contributed by atoms with Crippen molar-refractivity contribution in [1.29, 1.82) is 0 Å². The molecule has 1 heterocycles. The smallest absolute Gasteiger partial charge is 0.303 e. The minimum Gasteiger partial charge on any atom is -0.449 e. The molecule has 50 heavy (non-hydrogen) atoms. The van der Waals surface area contributed by atoms with Crippen molar-refractivity contribution in [1.82, 2.24) is 0 Å². The highest BCUT2D eigenvalue weighted by atomic mass is 16.7. The van der Waals surface area contributed by atoms with Crippen LogP contribution in [0.25, 0.3) is 0 Å². The molecule has 278 valence electrons. The minimum absolute atomic E-state index is 0.0686. The van der Waals surface area contributed by atoms with E-state index in [1.165, 1.54) is 33.8 Å². The van der Waals surface area contributed by atoms with Crippen molar-refractivity contribution in [3.8, 4) is 0 Å². The van der Waals surface area contributed by atoms with Crippen LogP contribution in [0.3, 0.4) is 0 Å². The average molecular weight is 703 g/mol. The van der Waals surface area contributed by atoms with Crippen LogP contribution in [0.2, 0.25) is 0 Å². The molecule has 5 aliphatic rings. The van der Waals surface area contributed by atoms with Gasteiger partial charge in [0, 0.05) is 30.1 Å². The molecule has 0 bridgehead atoms. The van der Waals surface area contributed by atoms with E-state index in [0.29, 0.717) is 6.42 Å². The van der Waals surface area contributed by atoms with E-state index in [9.17, 15) is 44.4 Å². The Hall–Kier alpha value is -2.61. The lowest BCUT2D eigenvalue weighted by Crippen LogP contribution is -2.65. The molecule has 4 N–H and O–H groups in total. The van der Waals surface area contributed by atoms with E-state index in [1.54, 1.807) is 13.8 Å². The third-order valence-corrected chi connectivity index (χ3v) is 13.3. The summed E-state index contributed by atoms with van der Waals surface area (Å²) in [5, 5.41) is 44.1. The van der Waals surface area contributed by atoms with Crippen LogP contribution in [0.5, 0.6) is 0 Å². The van der Waals surface area contributed by atoms with Crippen molar-refractivity contribution in [2.24, 2.45) is 39.4 Å². The number of aliphatic hydroxyl groups excluding tert-OH is 2. The Bertz CT molecular complexity index is 1530. The summed E-state index contributed by atoms with van der Waals surface area (Å²) in [5.41, 5.74) is -6.58.